The Bertz CT molecular complexity index is 321. The third-order valence-electron chi connectivity index (χ3n) is 2.29. The van der Waals surface area contributed by atoms with Crippen molar-refractivity contribution in [1.29, 1.82) is 0 Å². The Hall–Kier alpha value is -1.07. The lowest BCUT2D eigenvalue weighted by atomic mass is 10.0. The first-order chi connectivity index (χ1) is 7.45. The summed E-state index contributed by atoms with van der Waals surface area (Å²) in [6, 6.07) is 4.18. The van der Waals surface area contributed by atoms with Gasteiger partial charge in [0.25, 0.3) is 0 Å². The lowest BCUT2D eigenvalue weighted by molar-refractivity contribution is -0.149. The SMILES string of the molecule is COCCc1ccc(C(N)C(F)(F)F)cc1. The molecule has 5 heteroatoms. The van der Waals surface area contributed by atoms with Crippen molar-refractivity contribution in [3.8, 4) is 0 Å². The summed E-state index contributed by atoms with van der Waals surface area (Å²) < 4.78 is 41.8. The van der Waals surface area contributed by atoms with Crippen LogP contribution in [-0.4, -0.2) is 19.9 Å². The fraction of sp³-hybridized carbons (Fsp3) is 0.455. The van der Waals surface area contributed by atoms with Crippen molar-refractivity contribution in [3.63, 3.8) is 0 Å². The number of hydrogen-bond donors (Lipinski definition) is 1. The number of ether oxygens (including phenoxy) is 1. The highest BCUT2D eigenvalue weighted by Gasteiger charge is 2.37. The third-order valence-corrected chi connectivity index (χ3v) is 2.29. The molecule has 1 aromatic carbocycles. The van der Waals surface area contributed by atoms with Gasteiger partial charge in [-0.1, -0.05) is 24.3 Å². The third kappa shape index (κ3) is 3.50. The van der Waals surface area contributed by atoms with Gasteiger partial charge in [0.05, 0.1) is 6.61 Å². The minimum atomic E-state index is -4.39. The first kappa shape index (κ1) is 13.0. The summed E-state index contributed by atoms with van der Waals surface area (Å²) in [7, 11) is 1.58. The van der Waals surface area contributed by atoms with Crippen LogP contribution in [0.5, 0.6) is 0 Å². The quantitative estimate of drug-likeness (QED) is 0.866. The molecule has 0 aliphatic rings. The van der Waals surface area contributed by atoms with Crippen molar-refractivity contribution in [2.75, 3.05) is 13.7 Å². The molecule has 1 aromatic rings. The highest BCUT2D eigenvalue weighted by Crippen LogP contribution is 2.30. The first-order valence-corrected chi connectivity index (χ1v) is 4.85. The molecular formula is C11H14F3NO. The normalized spacial score (nSPS) is 13.8. The van der Waals surface area contributed by atoms with E-state index in [0.29, 0.717) is 13.0 Å². The second-order valence-electron chi connectivity index (χ2n) is 3.50. The molecule has 2 N–H and O–H groups in total. The van der Waals surface area contributed by atoms with Crippen LogP contribution < -0.4 is 5.73 Å². The molecule has 0 heterocycles. The number of halogens is 3. The van der Waals surface area contributed by atoms with Crippen LogP contribution >= 0.6 is 0 Å². The molecule has 1 atom stereocenters. The van der Waals surface area contributed by atoms with Crippen molar-refractivity contribution < 1.29 is 17.9 Å². The maximum Gasteiger partial charge on any atom is 0.407 e. The smallest absolute Gasteiger partial charge is 0.384 e. The molecule has 0 bridgehead atoms. The maximum absolute atomic E-state index is 12.3. The molecule has 0 amide bonds. The summed E-state index contributed by atoms with van der Waals surface area (Å²) >= 11 is 0. The van der Waals surface area contributed by atoms with Crippen LogP contribution in [0.25, 0.3) is 0 Å². The zero-order chi connectivity index (χ0) is 12.2. The molecule has 0 aromatic heterocycles. The zero-order valence-corrected chi connectivity index (χ0v) is 8.92. The molecule has 0 aliphatic heterocycles. The van der Waals surface area contributed by atoms with E-state index in [1.165, 1.54) is 12.1 Å². The highest BCUT2D eigenvalue weighted by molar-refractivity contribution is 5.25. The fourth-order valence-electron chi connectivity index (χ4n) is 1.30. The molecule has 1 unspecified atom stereocenters. The predicted molar refractivity (Wildman–Crippen MR) is 55.0 cm³/mol. The molecule has 0 fully saturated rings. The van der Waals surface area contributed by atoms with E-state index >= 15 is 0 Å². The van der Waals surface area contributed by atoms with Gasteiger partial charge in [0, 0.05) is 7.11 Å². The van der Waals surface area contributed by atoms with Crippen molar-refractivity contribution in [2.45, 2.75) is 18.6 Å². The van der Waals surface area contributed by atoms with Crippen LogP contribution in [0.1, 0.15) is 17.2 Å². The number of methoxy groups -OCH3 is 1. The van der Waals surface area contributed by atoms with Crippen LogP contribution in [0.2, 0.25) is 0 Å². The van der Waals surface area contributed by atoms with Gasteiger partial charge in [-0.3, -0.25) is 0 Å². The van der Waals surface area contributed by atoms with E-state index in [2.05, 4.69) is 0 Å². The lowest BCUT2D eigenvalue weighted by Gasteiger charge is -2.16. The number of nitrogens with two attached hydrogens (primary N) is 1. The monoisotopic (exact) mass is 233 g/mol. The van der Waals surface area contributed by atoms with Crippen molar-refractivity contribution in [3.05, 3.63) is 35.4 Å². The Kier molecular flexibility index (Phi) is 4.32. The van der Waals surface area contributed by atoms with E-state index in [1.807, 2.05) is 0 Å². The van der Waals surface area contributed by atoms with Gasteiger partial charge in [0.15, 0.2) is 0 Å². The standard InChI is InChI=1S/C11H14F3NO/c1-16-7-6-8-2-4-9(5-3-8)10(15)11(12,13)14/h2-5,10H,6-7,15H2,1H3. The van der Waals surface area contributed by atoms with Crippen LogP contribution in [0, 0.1) is 0 Å². The molecule has 0 saturated carbocycles. The van der Waals surface area contributed by atoms with Gasteiger partial charge in [-0.15, -0.1) is 0 Å². The van der Waals surface area contributed by atoms with Gasteiger partial charge >= 0.3 is 6.18 Å². The van der Waals surface area contributed by atoms with Gasteiger partial charge in [-0.2, -0.15) is 13.2 Å². The molecular weight excluding hydrogens is 219 g/mol. The summed E-state index contributed by atoms with van der Waals surface area (Å²) in [5.41, 5.74) is 6.08. The maximum atomic E-state index is 12.3. The average Bonchev–Trinajstić information content (AvgIpc) is 2.25. The van der Waals surface area contributed by atoms with Gasteiger partial charge in [-0.05, 0) is 17.5 Å². The van der Waals surface area contributed by atoms with Crippen LogP contribution in [0.4, 0.5) is 13.2 Å². The summed E-state index contributed by atoms with van der Waals surface area (Å²) in [4.78, 5) is 0. The minimum Gasteiger partial charge on any atom is -0.384 e. The first-order valence-electron chi connectivity index (χ1n) is 4.85. The van der Waals surface area contributed by atoms with Crippen molar-refractivity contribution in [2.24, 2.45) is 5.73 Å². The van der Waals surface area contributed by atoms with Gasteiger partial charge in [0.2, 0.25) is 0 Å². The molecule has 16 heavy (non-hydrogen) atoms. The van der Waals surface area contributed by atoms with E-state index in [4.69, 9.17) is 10.5 Å². The summed E-state index contributed by atoms with van der Waals surface area (Å²) in [5, 5.41) is 0. The van der Waals surface area contributed by atoms with Crippen LogP contribution in [0.3, 0.4) is 0 Å². The van der Waals surface area contributed by atoms with Crippen molar-refractivity contribution >= 4 is 0 Å². The molecule has 2 nitrogen and oxygen atoms in total. The number of benzene rings is 1. The number of hydrogen-bond acceptors (Lipinski definition) is 2. The van der Waals surface area contributed by atoms with Crippen LogP contribution in [0.15, 0.2) is 24.3 Å². The van der Waals surface area contributed by atoms with Crippen molar-refractivity contribution in [1.82, 2.24) is 0 Å². The zero-order valence-electron chi connectivity index (χ0n) is 8.92. The molecule has 0 spiro atoms. The minimum absolute atomic E-state index is 0.0775. The van der Waals surface area contributed by atoms with Crippen LogP contribution in [-0.2, 0) is 11.2 Å². The van der Waals surface area contributed by atoms with E-state index < -0.39 is 12.2 Å². The Morgan fingerprint density at radius 1 is 1.25 bits per heavy atom. The topological polar surface area (TPSA) is 35.2 Å². The van der Waals surface area contributed by atoms with E-state index in [0.717, 1.165) is 5.56 Å². The average molecular weight is 233 g/mol. The highest BCUT2D eigenvalue weighted by atomic mass is 19.4. The lowest BCUT2D eigenvalue weighted by Crippen LogP contribution is -2.28. The van der Waals surface area contributed by atoms with E-state index in [9.17, 15) is 13.2 Å². The second-order valence-corrected chi connectivity index (χ2v) is 3.50. The molecule has 0 aliphatic carbocycles. The molecule has 1 rings (SSSR count). The Balaban J connectivity index is 2.71. The second kappa shape index (κ2) is 5.32. The number of rotatable bonds is 4. The molecule has 0 radical (unpaired) electrons. The predicted octanol–water partition coefficient (Wildman–Crippen LogP) is 2.44. The largest absolute Gasteiger partial charge is 0.407 e. The van der Waals surface area contributed by atoms with Gasteiger partial charge in [0.1, 0.15) is 6.04 Å². The fourth-order valence-corrected chi connectivity index (χ4v) is 1.30. The molecule has 90 valence electrons. The Labute approximate surface area is 92.2 Å². The summed E-state index contributed by atoms with van der Waals surface area (Å²) in [6.45, 7) is 0.546. The van der Waals surface area contributed by atoms with E-state index in [-0.39, 0.29) is 5.56 Å². The van der Waals surface area contributed by atoms with Gasteiger partial charge < -0.3 is 10.5 Å². The Morgan fingerprint density at radius 2 is 1.81 bits per heavy atom. The number of alkyl halides is 3. The van der Waals surface area contributed by atoms with E-state index in [1.54, 1.807) is 19.2 Å². The van der Waals surface area contributed by atoms with Gasteiger partial charge in [-0.25, -0.2) is 0 Å². The molecule has 0 saturated heterocycles. The summed E-state index contributed by atoms with van der Waals surface area (Å²) in [5.74, 6) is 0. The summed E-state index contributed by atoms with van der Waals surface area (Å²) in [6.07, 6.45) is -3.72. The Morgan fingerprint density at radius 3 is 2.25 bits per heavy atom.